The predicted molar refractivity (Wildman–Crippen MR) is 65.2 cm³/mol. The molecule has 0 aromatic heterocycles. The molecule has 12 heavy (non-hydrogen) atoms. The van der Waals surface area contributed by atoms with Gasteiger partial charge >= 0.3 is 66.6 Å². The second-order valence-corrected chi connectivity index (χ2v) is 56.1. The Kier molecular flexibility index (Phi) is 4.13. The monoisotopic (exact) mass is 275 g/mol. The van der Waals surface area contributed by atoms with Crippen LogP contribution in [0.25, 0.3) is 0 Å². The Hall–Kier alpha value is 1.21. The molecule has 1 fully saturated rings. The molecular formula is C7H17Cl2Si2Ti. The maximum absolute atomic E-state index is 2.70. The Morgan fingerprint density at radius 3 is 2.17 bits per heavy atom. The van der Waals surface area contributed by atoms with Crippen LogP contribution in [0.1, 0.15) is 6.42 Å². The summed E-state index contributed by atoms with van der Waals surface area (Å²) in [5.41, 5.74) is 0. The average Bonchev–Trinajstić information content (AvgIpc) is 2.35. The van der Waals surface area contributed by atoms with Crippen molar-refractivity contribution in [1.29, 1.82) is 0 Å². The Morgan fingerprint density at radius 2 is 1.83 bits per heavy atom. The Bertz CT molecular complexity index is 240. The summed E-state index contributed by atoms with van der Waals surface area (Å²) in [4.78, 5) is 0. The van der Waals surface area contributed by atoms with Gasteiger partial charge < -0.3 is 0 Å². The van der Waals surface area contributed by atoms with E-state index < -0.39 is 13.8 Å². The second-order valence-electron chi connectivity index (χ2n) is 4.84. The van der Waals surface area contributed by atoms with Crippen molar-refractivity contribution in [2.24, 2.45) is 0 Å². The van der Waals surface area contributed by atoms with Crippen molar-refractivity contribution in [2.75, 3.05) is 0 Å². The standard InChI is InChI=1S/C5H5.2CH3.2ClH.H4Si2.Ti/c1-2-4-5-3-1;;;;;1-2;/h1-3H,4H2;2*1H3;2*1H;1-2H2;. The molecule has 2 aliphatic rings. The summed E-state index contributed by atoms with van der Waals surface area (Å²) in [5.74, 6) is 0. The van der Waals surface area contributed by atoms with E-state index in [1.807, 2.05) is 3.88 Å². The summed E-state index contributed by atoms with van der Waals surface area (Å²) in [6.07, 6.45) is 8.42. The molecule has 1 aliphatic heterocycles. The first kappa shape index (κ1) is 13.2. The molecule has 0 atom stereocenters. The van der Waals surface area contributed by atoms with Crippen LogP contribution >= 0.6 is 24.8 Å². The van der Waals surface area contributed by atoms with E-state index in [1.54, 1.807) is 0 Å². The molecule has 0 unspecified atom stereocenters. The zero-order valence-electron chi connectivity index (χ0n) is 7.67. The van der Waals surface area contributed by atoms with E-state index in [0.29, 0.717) is 13.8 Å². The molecular weight excluding hydrogens is 259 g/mol. The summed E-state index contributed by atoms with van der Waals surface area (Å²) in [6.45, 7) is 1.16. The fraction of sp³-hybridized carbons (Fsp3) is 0.429. The number of halogens is 2. The van der Waals surface area contributed by atoms with Gasteiger partial charge in [0.15, 0.2) is 0 Å². The van der Waals surface area contributed by atoms with Crippen molar-refractivity contribution in [2.45, 2.75) is 16.9 Å². The molecule has 5 heteroatoms. The molecule has 0 radical (unpaired) electrons. The molecule has 1 saturated heterocycles. The van der Waals surface area contributed by atoms with Gasteiger partial charge in [0.2, 0.25) is 0 Å². The van der Waals surface area contributed by atoms with E-state index in [0.717, 1.165) is 0 Å². The van der Waals surface area contributed by atoms with Gasteiger partial charge in [0.1, 0.15) is 0 Å². The molecule has 1 aliphatic carbocycles. The Labute approximate surface area is 90.8 Å². The van der Waals surface area contributed by atoms with Crippen molar-refractivity contribution >= 4 is 38.6 Å². The first-order valence-electron chi connectivity index (χ1n) is 4.17. The molecule has 0 saturated carbocycles. The molecule has 71 valence electrons. The normalized spacial score (nSPS) is 34.2. The second kappa shape index (κ2) is 3.76. The summed E-state index contributed by atoms with van der Waals surface area (Å²) >= 11 is -1.49. The molecule has 0 aromatic rings. The van der Waals surface area contributed by atoms with Crippen LogP contribution in [0.5, 0.6) is 0 Å². The molecule has 0 amide bonds. The third-order valence-electron chi connectivity index (χ3n) is 3.37. The van der Waals surface area contributed by atoms with Gasteiger partial charge in [-0.2, -0.15) is 0 Å². The van der Waals surface area contributed by atoms with Gasteiger partial charge in [0.05, 0.1) is 0 Å². The average molecular weight is 276 g/mol. The third kappa shape index (κ3) is 2.17. The van der Waals surface area contributed by atoms with E-state index in [2.05, 4.69) is 28.7 Å². The molecule has 0 N–H and O–H groups in total. The summed E-state index contributed by atoms with van der Waals surface area (Å²) in [7, 11) is 0. The van der Waals surface area contributed by atoms with E-state index in [-0.39, 0.29) is 24.8 Å². The van der Waals surface area contributed by atoms with Crippen molar-refractivity contribution < 1.29 is 13.8 Å². The molecule has 0 bridgehead atoms. The van der Waals surface area contributed by atoms with Gasteiger partial charge in [-0.15, -0.1) is 24.8 Å². The van der Waals surface area contributed by atoms with E-state index >= 15 is 0 Å². The zero-order chi connectivity index (χ0) is 7.27. The van der Waals surface area contributed by atoms with Crippen LogP contribution in [-0.4, -0.2) is 13.8 Å². The third-order valence-corrected chi connectivity index (χ3v) is 65.3. The van der Waals surface area contributed by atoms with Crippen LogP contribution in [0.4, 0.5) is 0 Å². The van der Waals surface area contributed by atoms with Crippen molar-refractivity contribution in [3.63, 3.8) is 0 Å². The van der Waals surface area contributed by atoms with Crippen molar-refractivity contribution in [1.82, 2.24) is 0 Å². The number of allylic oxidation sites excluding steroid dienone is 4. The van der Waals surface area contributed by atoms with Crippen LogP contribution in [0.2, 0.25) is 10.5 Å². The summed E-state index contributed by atoms with van der Waals surface area (Å²) < 4.78 is 1.95. The van der Waals surface area contributed by atoms with E-state index in [9.17, 15) is 0 Å². The van der Waals surface area contributed by atoms with E-state index in [4.69, 9.17) is 0 Å². The first-order valence-corrected chi connectivity index (χ1v) is 20.1. The SMILES string of the molecule is Cl.Cl.[CH3][Ti]1([CH3])([C]2=CC=CC2)[SiH2][SiH2]1. The molecule has 0 nitrogen and oxygen atoms in total. The Balaban J connectivity index is 0.000000605. The molecule has 0 aromatic carbocycles. The first-order chi connectivity index (χ1) is 4.60. The fourth-order valence-electron chi connectivity index (χ4n) is 1.71. The van der Waals surface area contributed by atoms with E-state index in [1.165, 1.54) is 6.42 Å². The van der Waals surface area contributed by atoms with Gasteiger partial charge in [-0.1, -0.05) is 0 Å². The quantitative estimate of drug-likeness (QED) is 0.638. The van der Waals surface area contributed by atoms with Gasteiger partial charge in [-0.3, -0.25) is 0 Å². The summed E-state index contributed by atoms with van der Waals surface area (Å²) in [6, 6.07) is 0. The summed E-state index contributed by atoms with van der Waals surface area (Å²) in [5, 5.41) is 5.41. The Morgan fingerprint density at radius 1 is 1.25 bits per heavy atom. The minimum absolute atomic E-state index is 0. The van der Waals surface area contributed by atoms with Gasteiger partial charge in [-0.25, -0.2) is 0 Å². The molecule has 1 heterocycles. The van der Waals surface area contributed by atoms with Crippen LogP contribution in [0.3, 0.4) is 0 Å². The van der Waals surface area contributed by atoms with Gasteiger partial charge in [0.25, 0.3) is 0 Å². The van der Waals surface area contributed by atoms with Crippen LogP contribution < -0.4 is 0 Å². The zero-order valence-corrected chi connectivity index (χ0v) is 13.7. The van der Waals surface area contributed by atoms with Crippen LogP contribution in [0.15, 0.2) is 22.1 Å². The molecule has 2 rings (SSSR count). The van der Waals surface area contributed by atoms with Crippen molar-refractivity contribution in [3.8, 4) is 0 Å². The van der Waals surface area contributed by atoms with Crippen LogP contribution in [-0.2, 0) is 13.8 Å². The van der Waals surface area contributed by atoms with Crippen LogP contribution in [0, 0.1) is 0 Å². The minimum atomic E-state index is -1.49. The number of hydrogen-bond donors (Lipinski definition) is 0. The van der Waals surface area contributed by atoms with Crippen molar-refractivity contribution in [3.05, 3.63) is 22.1 Å². The number of rotatable bonds is 1. The molecule has 0 spiro atoms. The predicted octanol–water partition coefficient (Wildman–Crippen LogP) is 1.56. The van der Waals surface area contributed by atoms with Gasteiger partial charge in [0, 0.05) is 0 Å². The topological polar surface area (TPSA) is 0 Å². The fourth-order valence-corrected chi connectivity index (χ4v) is 65.3. The number of hydrogen-bond acceptors (Lipinski definition) is 0. The van der Waals surface area contributed by atoms with Gasteiger partial charge in [-0.05, 0) is 0 Å². The maximum atomic E-state index is 2.70.